The third-order valence-corrected chi connectivity index (χ3v) is 4.82. The second-order valence-corrected chi connectivity index (χ2v) is 6.52. The average molecular weight is 340 g/mol. The van der Waals surface area contributed by atoms with E-state index in [1.54, 1.807) is 36.9 Å². The highest BCUT2D eigenvalue weighted by Crippen LogP contribution is 2.35. The van der Waals surface area contributed by atoms with E-state index >= 15 is 0 Å². The van der Waals surface area contributed by atoms with Crippen molar-refractivity contribution in [3.05, 3.63) is 63.6 Å². The Kier molecular flexibility index (Phi) is 4.33. The van der Waals surface area contributed by atoms with E-state index in [2.05, 4.69) is 5.32 Å². The van der Waals surface area contributed by atoms with Gasteiger partial charge in [-0.15, -0.1) is 0 Å². The summed E-state index contributed by atoms with van der Waals surface area (Å²) in [5.74, 6) is -0.671. The van der Waals surface area contributed by atoms with Gasteiger partial charge in [-0.1, -0.05) is 13.0 Å². The van der Waals surface area contributed by atoms with Crippen molar-refractivity contribution in [3.63, 3.8) is 0 Å². The highest BCUT2D eigenvalue weighted by molar-refractivity contribution is 5.99. The Morgan fingerprint density at radius 2 is 2.00 bits per heavy atom. The predicted molar refractivity (Wildman–Crippen MR) is 98.1 cm³/mol. The van der Waals surface area contributed by atoms with Gasteiger partial charge in [0, 0.05) is 37.2 Å². The summed E-state index contributed by atoms with van der Waals surface area (Å²) in [5.41, 5.74) is 2.82. The summed E-state index contributed by atoms with van der Waals surface area (Å²) in [6.45, 7) is 3.74. The van der Waals surface area contributed by atoms with Crippen LogP contribution in [0.2, 0.25) is 0 Å². The largest absolute Gasteiger partial charge is 0.355 e. The fourth-order valence-electron chi connectivity index (χ4n) is 3.31. The molecule has 2 atom stereocenters. The van der Waals surface area contributed by atoms with Crippen LogP contribution in [0.1, 0.15) is 18.1 Å². The molecule has 25 heavy (non-hydrogen) atoms. The van der Waals surface area contributed by atoms with Crippen LogP contribution in [0.25, 0.3) is 16.3 Å². The molecule has 1 heterocycles. The maximum absolute atomic E-state index is 14.4. The molecule has 1 unspecified atom stereocenters. The quantitative estimate of drug-likeness (QED) is 0.914. The van der Waals surface area contributed by atoms with Crippen molar-refractivity contribution < 1.29 is 9.18 Å². The number of carbonyl (C=O) groups excluding carboxylic acids is 1. The minimum Gasteiger partial charge on any atom is -0.355 e. The Morgan fingerprint density at radius 1 is 1.28 bits per heavy atom. The summed E-state index contributed by atoms with van der Waals surface area (Å²) in [4.78, 5) is 24.2. The van der Waals surface area contributed by atoms with E-state index < -0.39 is 6.17 Å². The first-order valence-electron chi connectivity index (χ1n) is 8.23. The van der Waals surface area contributed by atoms with Crippen molar-refractivity contribution in [2.45, 2.75) is 20.0 Å². The Bertz CT molecular complexity index is 985. The van der Waals surface area contributed by atoms with E-state index in [0.717, 1.165) is 22.1 Å². The fourth-order valence-corrected chi connectivity index (χ4v) is 3.31. The van der Waals surface area contributed by atoms with Crippen molar-refractivity contribution in [3.8, 4) is 0 Å². The van der Waals surface area contributed by atoms with Crippen LogP contribution >= 0.6 is 0 Å². The summed E-state index contributed by atoms with van der Waals surface area (Å²) in [5, 5.41) is 4.01. The number of likely N-dealkylation sites (N-methyl/N-ethyl adjacent to an activating group) is 1. The minimum atomic E-state index is -1.23. The van der Waals surface area contributed by atoms with Gasteiger partial charge in [0.1, 0.15) is 6.17 Å². The lowest BCUT2D eigenvalue weighted by molar-refractivity contribution is -0.116. The second kappa shape index (κ2) is 6.31. The van der Waals surface area contributed by atoms with Gasteiger partial charge >= 0.3 is 0 Å². The first kappa shape index (κ1) is 17.1. The van der Waals surface area contributed by atoms with Crippen molar-refractivity contribution in [2.24, 2.45) is 13.0 Å². The van der Waals surface area contributed by atoms with Crippen molar-refractivity contribution in [2.75, 3.05) is 7.05 Å². The first-order chi connectivity index (χ1) is 11.8. The molecule has 1 aromatic heterocycles. The smallest absolute Gasteiger partial charge is 0.258 e. The SMILES string of the molecule is CNC(=O)C1=C[C@H](F)C(C)C(c2ccc3c(=O)n(C)cc(C)c3c2)=C1. The number of alkyl halides is 1. The number of pyridine rings is 1. The summed E-state index contributed by atoms with van der Waals surface area (Å²) < 4.78 is 16.0. The van der Waals surface area contributed by atoms with E-state index in [9.17, 15) is 14.0 Å². The zero-order valence-electron chi connectivity index (χ0n) is 14.8. The molecule has 0 spiro atoms. The van der Waals surface area contributed by atoms with Crippen LogP contribution < -0.4 is 10.9 Å². The molecule has 1 aliphatic carbocycles. The minimum absolute atomic E-state index is 0.0628. The Hall–Kier alpha value is -2.69. The Morgan fingerprint density at radius 3 is 2.68 bits per heavy atom. The van der Waals surface area contributed by atoms with Gasteiger partial charge < -0.3 is 9.88 Å². The number of aromatic nitrogens is 1. The molecule has 0 fully saturated rings. The number of allylic oxidation sites excluding steroid dienone is 2. The maximum atomic E-state index is 14.4. The van der Waals surface area contributed by atoms with Crippen LogP contribution in [-0.4, -0.2) is 23.7 Å². The van der Waals surface area contributed by atoms with Crippen LogP contribution in [-0.2, 0) is 11.8 Å². The molecule has 5 heteroatoms. The average Bonchev–Trinajstić information content (AvgIpc) is 2.60. The molecular weight excluding hydrogens is 319 g/mol. The lowest BCUT2D eigenvalue weighted by atomic mass is 9.83. The van der Waals surface area contributed by atoms with Gasteiger partial charge in [0.05, 0.1) is 0 Å². The standard InChI is InChI=1S/C20H21FN2O2/c1-11-10-23(4)20(25)15-6-5-13(7-16(11)15)17-8-14(19(24)22-3)9-18(21)12(17)2/h5-10,12,18H,1-4H3,(H,22,24)/t12?,18-/m0/s1. The molecule has 3 rings (SSSR count). The van der Waals surface area contributed by atoms with Crippen LogP contribution in [0.5, 0.6) is 0 Å². The number of carbonyl (C=O) groups is 1. The third-order valence-electron chi connectivity index (χ3n) is 4.82. The maximum Gasteiger partial charge on any atom is 0.258 e. The summed E-state index contributed by atoms with van der Waals surface area (Å²) in [7, 11) is 3.25. The van der Waals surface area contributed by atoms with Gasteiger partial charge in [-0.3, -0.25) is 9.59 Å². The number of fused-ring (bicyclic) bond motifs is 1. The summed E-state index contributed by atoms with van der Waals surface area (Å²) in [6.07, 6.45) is 3.65. The molecule has 4 nitrogen and oxygen atoms in total. The van der Waals surface area contributed by atoms with E-state index in [0.29, 0.717) is 11.0 Å². The summed E-state index contributed by atoms with van der Waals surface area (Å²) in [6, 6.07) is 5.51. The van der Waals surface area contributed by atoms with E-state index in [1.807, 2.05) is 19.1 Å². The Labute approximate surface area is 145 Å². The molecule has 0 bridgehead atoms. The first-order valence-corrected chi connectivity index (χ1v) is 8.23. The topological polar surface area (TPSA) is 51.1 Å². The molecular formula is C20H21FN2O2. The number of nitrogens with one attached hydrogen (secondary N) is 1. The van der Waals surface area contributed by atoms with E-state index in [4.69, 9.17) is 0 Å². The second-order valence-electron chi connectivity index (χ2n) is 6.52. The zero-order valence-corrected chi connectivity index (χ0v) is 14.8. The number of aryl methyl sites for hydroxylation is 2. The number of halogens is 1. The molecule has 0 aliphatic heterocycles. The number of nitrogens with zero attached hydrogens (tertiary/aromatic N) is 1. The molecule has 2 aromatic rings. The fraction of sp³-hybridized carbons (Fsp3) is 0.300. The van der Waals surface area contributed by atoms with Crippen LogP contribution in [0.3, 0.4) is 0 Å². The number of rotatable bonds is 2. The Balaban J connectivity index is 2.18. The predicted octanol–water partition coefficient (Wildman–Crippen LogP) is 2.89. The van der Waals surface area contributed by atoms with E-state index in [-0.39, 0.29) is 17.4 Å². The molecule has 0 saturated carbocycles. The van der Waals surface area contributed by atoms with Crippen LogP contribution in [0.4, 0.5) is 4.39 Å². The molecule has 1 N–H and O–H groups in total. The van der Waals surface area contributed by atoms with Crippen molar-refractivity contribution in [1.82, 2.24) is 9.88 Å². The molecule has 1 amide bonds. The van der Waals surface area contributed by atoms with Crippen LogP contribution in [0, 0.1) is 12.8 Å². The molecule has 0 radical (unpaired) electrons. The van der Waals surface area contributed by atoms with Crippen molar-refractivity contribution >= 4 is 22.3 Å². The van der Waals surface area contributed by atoms with Gasteiger partial charge in [0.2, 0.25) is 0 Å². The lowest BCUT2D eigenvalue weighted by Gasteiger charge is -2.24. The third kappa shape index (κ3) is 2.90. The molecule has 130 valence electrons. The molecule has 0 saturated heterocycles. The van der Waals surface area contributed by atoms with Crippen LogP contribution in [0.15, 0.2) is 46.9 Å². The normalized spacial score (nSPS) is 20.2. The highest BCUT2D eigenvalue weighted by Gasteiger charge is 2.26. The van der Waals surface area contributed by atoms with E-state index in [1.165, 1.54) is 13.1 Å². The number of hydrogen-bond acceptors (Lipinski definition) is 2. The number of benzene rings is 1. The molecule has 1 aromatic carbocycles. The number of hydrogen-bond donors (Lipinski definition) is 1. The monoisotopic (exact) mass is 340 g/mol. The molecule has 1 aliphatic rings. The zero-order chi connectivity index (χ0) is 18.3. The number of amides is 1. The lowest BCUT2D eigenvalue weighted by Crippen LogP contribution is -2.25. The summed E-state index contributed by atoms with van der Waals surface area (Å²) >= 11 is 0. The van der Waals surface area contributed by atoms with Gasteiger partial charge in [0.15, 0.2) is 0 Å². The van der Waals surface area contributed by atoms with Crippen molar-refractivity contribution in [1.29, 1.82) is 0 Å². The van der Waals surface area contributed by atoms with Gasteiger partial charge in [-0.25, -0.2) is 4.39 Å². The van der Waals surface area contributed by atoms with Gasteiger partial charge in [-0.05, 0) is 53.3 Å². The van der Waals surface area contributed by atoms with Gasteiger partial charge in [0.25, 0.3) is 11.5 Å². The van der Waals surface area contributed by atoms with Gasteiger partial charge in [-0.2, -0.15) is 0 Å². The highest BCUT2D eigenvalue weighted by atomic mass is 19.1.